The van der Waals surface area contributed by atoms with Crippen molar-refractivity contribution in [1.82, 2.24) is 0 Å². The molecule has 4 aromatic rings. The van der Waals surface area contributed by atoms with Crippen molar-refractivity contribution in [1.29, 1.82) is 0 Å². The molecule has 0 aliphatic carbocycles. The molecule has 0 spiro atoms. The SMILES string of the molecule is COc1ccc(CN(C(=O)c2ccc(Oc3ccccc3)cc2)c2ccc(C(=O)O)c(O)c2)cc1. The van der Waals surface area contributed by atoms with E-state index in [1.165, 1.54) is 23.1 Å². The number of rotatable bonds is 8. The smallest absolute Gasteiger partial charge is 0.339 e. The number of carbonyl (C=O) groups is 2. The Labute approximate surface area is 202 Å². The van der Waals surface area contributed by atoms with Crippen LogP contribution in [0, 0.1) is 0 Å². The lowest BCUT2D eigenvalue weighted by Gasteiger charge is -2.24. The molecule has 7 nitrogen and oxygen atoms in total. The average molecular weight is 469 g/mol. The van der Waals surface area contributed by atoms with Gasteiger partial charge in [0, 0.05) is 17.3 Å². The number of carboxylic acids is 1. The lowest BCUT2D eigenvalue weighted by atomic mass is 10.1. The van der Waals surface area contributed by atoms with Gasteiger partial charge in [-0.3, -0.25) is 4.79 Å². The van der Waals surface area contributed by atoms with E-state index in [0.29, 0.717) is 28.5 Å². The maximum absolute atomic E-state index is 13.5. The molecule has 0 bridgehead atoms. The average Bonchev–Trinajstić information content (AvgIpc) is 2.88. The Bertz CT molecular complexity index is 1320. The summed E-state index contributed by atoms with van der Waals surface area (Å²) >= 11 is 0. The highest BCUT2D eigenvalue weighted by molar-refractivity contribution is 6.06. The summed E-state index contributed by atoms with van der Waals surface area (Å²) in [5.74, 6) is -0.0523. The van der Waals surface area contributed by atoms with Gasteiger partial charge in [-0.1, -0.05) is 30.3 Å². The Balaban J connectivity index is 1.63. The molecule has 4 aromatic carbocycles. The monoisotopic (exact) mass is 469 g/mol. The molecule has 7 heteroatoms. The van der Waals surface area contributed by atoms with Gasteiger partial charge in [0.1, 0.15) is 28.6 Å². The summed E-state index contributed by atoms with van der Waals surface area (Å²) in [5.41, 5.74) is 1.34. The Hall–Kier alpha value is -4.78. The summed E-state index contributed by atoms with van der Waals surface area (Å²) in [6.45, 7) is 0.191. The summed E-state index contributed by atoms with van der Waals surface area (Å²) in [6.07, 6.45) is 0. The topological polar surface area (TPSA) is 96.3 Å². The second-order valence-corrected chi connectivity index (χ2v) is 7.69. The van der Waals surface area contributed by atoms with Crippen LogP contribution in [0.3, 0.4) is 0 Å². The van der Waals surface area contributed by atoms with Crippen LogP contribution in [0.1, 0.15) is 26.3 Å². The minimum absolute atomic E-state index is 0.191. The predicted molar refractivity (Wildman–Crippen MR) is 132 cm³/mol. The van der Waals surface area contributed by atoms with Crippen LogP contribution < -0.4 is 14.4 Å². The first-order valence-corrected chi connectivity index (χ1v) is 10.8. The van der Waals surface area contributed by atoms with E-state index in [0.717, 1.165) is 5.56 Å². The fraction of sp³-hybridized carbons (Fsp3) is 0.0714. The summed E-state index contributed by atoms with van der Waals surface area (Å²) in [6, 6.07) is 27.3. The van der Waals surface area contributed by atoms with E-state index in [2.05, 4.69) is 0 Å². The zero-order chi connectivity index (χ0) is 24.8. The molecule has 2 N–H and O–H groups in total. The maximum atomic E-state index is 13.5. The molecular weight excluding hydrogens is 446 g/mol. The Morgan fingerprint density at radius 1 is 0.800 bits per heavy atom. The number of nitrogens with zero attached hydrogens (tertiary/aromatic N) is 1. The molecule has 176 valence electrons. The molecule has 0 atom stereocenters. The molecule has 0 aliphatic rings. The number of aromatic carboxylic acids is 1. The Morgan fingerprint density at radius 3 is 2.03 bits per heavy atom. The molecule has 4 rings (SSSR count). The fourth-order valence-electron chi connectivity index (χ4n) is 3.51. The number of ether oxygens (including phenoxy) is 2. The minimum atomic E-state index is -1.25. The first kappa shape index (κ1) is 23.4. The lowest BCUT2D eigenvalue weighted by Crippen LogP contribution is -2.30. The van der Waals surface area contributed by atoms with Gasteiger partial charge in [-0.2, -0.15) is 0 Å². The third-order valence-corrected chi connectivity index (χ3v) is 5.35. The van der Waals surface area contributed by atoms with Gasteiger partial charge in [0.2, 0.25) is 0 Å². The van der Waals surface area contributed by atoms with Crippen molar-refractivity contribution in [3.8, 4) is 23.0 Å². The van der Waals surface area contributed by atoms with Gasteiger partial charge in [-0.15, -0.1) is 0 Å². The van der Waals surface area contributed by atoms with E-state index in [4.69, 9.17) is 9.47 Å². The van der Waals surface area contributed by atoms with Crippen LogP contribution in [-0.4, -0.2) is 29.2 Å². The molecule has 35 heavy (non-hydrogen) atoms. The number of amides is 1. The van der Waals surface area contributed by atoms with E-state index in [-0.39, 0.29) is 18.0 Å². The van der Waals surface area contributed by atoms with E-state index >= 15 is 0 Å². The van der Waals surface area contributed by atoms with Crippen molar-refractivity contribution in [3.05, 3.63) is 114 Å². The van der Waals surface area contributed by atoms with Crippen molar-refractivity contribution in [2.75, 3.05) is 12.0 Å². The Morgan fingerprint density at radius 2 is 1.43 bits per heavy atom. The van der Waals surface area contributed by atoms with Gasteiger partial charge in [-0.05, 0) is 66.2 Å². The largest absolute Gasteiger partial charge is 0.507 e. The molecule has 0 saturated heterocycles. The van der Waals surface area contributed by atoms with E-state index in [1.54, 1.807) is 43.5 Å². The summed E-state index contributed by atoms with van der Waals surface area (Å²) in [5, 5.41) is 19.5. The van der Waals surface area contributed by atoms with Crippen molar-refractivity contribution >= 4 is 17.6 Å². The Kier molecular flexibility index (Phi) is 6.97. The normalized spacial score (nSPS) is 10.4. The van der Waals surface area contributed by atoms with E-state index < -0.39 is 11.7 Å². The maximum Gasteiger partial charge on any atom is 0.339 e. The number of carbonyl (C=O) groups excluding carboxylic acids is 1. The van der Waals surface area contributed by atoms with Gasteiger partial charge in [0.25, 0.3) is 5.91 Å². The van der Waals surface area contributed by atoms with Crippen molar-refractivity contribution in [2.24, 2.45) is 0 Å². The van der Waals surface area contributed by atoms with Gasteiger partial charge >= 0.3 is 5.97 Å². The van der Waals surface area contributed by atoms with Crippen molar-refractivity contribution < 1.29 is 29.3 Å². The summed E-state index contributed by atoms with van der Waals surface area (Å²) in [7, 11) is 1.57. The molecular formula is C28H23NO6. The molecule has 0 unspecified atom stereocenters. The summed E-state index contributed by atoms with van der Waals surface area (Å²) < 4.78 is 11.0. The third-order valence-electron chi connectivity index (χ3n) is 5.35. The van der Waals surface area contributed by atoms with E-state index in [9.17, 15) is 19.8 Å². The number of para-hydroxylation sites is 1. The standard InChI is InChI=1S/C28H23NO6/c1-34-22-12-7-19(8-13-22)18-29(21-11-16-25(28(32)33)26(30)17-21)27(31)20-9-14-24(15-10-20)35-23-5-3-2-4-6-23/h2-17,30H,18H2,1H3,(H,32,33). The van der Waals surface area contributed by atoms with E-state index in [1.807, 2.05) is 42.5 Å². The first-order chi connectivity index (χ1) is 16.9. The molecule has 0 heterocycles. The number of methoxy groups -OCH3 is 1. The second kappa shape index (κ2) is 10.4. The zero-order valence-corrected chi connectivity index (χ0v) is 18.9. The predicted octanol–water partition coefficient (Wildman–Crippen LogP) is 5.74. The minimum Gasteiger partial charge on any atom is -0.507 e. The number of aromatic hydroxyl groups is 1. The molecule has 0 saturated carbocycles. The second-order valence-electron chi connectivity index (χ2n) is 7.69. The molecule has 0 fully saturated rings. The van der Waals surface area contributed by atoms with Crippen LogP contribution in [-0.2, 0) is 6.54 Å². The van der Waals surface area contributed by atoms with Crippen molar-refractivity contribution in [3.63, 3.8) is 0 Å². The highest BCUT2D eigenvalue weighted by Gasteiger charge is 2.21. The lowest BCUT2D eigenvalue weighted by molar-refractivity contribution is 0.0693. The van der Waals surface area contributed by atoms with Crippen LogP contribution in [0.25, 0.3) is 0 Å². The molecule has 0 aromatic heterocycles. The highest BCUT2D eigenvalue weighted by atomic mass is 16.5. The first-order valence-electron chi connectivity index (χ1n) is 10.8. The number of anilines is 1. The molecule has 0 aliphatic heterocycles. The molecule has 0 radical (unpaired) electrons. The van der Waals surface area contributed by atoms with Gasteiger partial charge in [0.15, 0.2) is 0 Å². The number of benzene rings is 4. The number of carboxylic acid groups (broad SMARTS) is 1. The third kappa shape index (κ3) is 5.59. The quantitative estimate of drug-likeness (QED) is 0.342. The van der Waals surface area contributed by atoms with Gasteiger partial charge in [-0.25, -0.2) is 4.79 Å². The van der Waals surface area contributed by atoms with Crippen molar-refractivity contribution in [2.45, 2.75) is 6.54 Å². The van der Waals surface area contributed by atoms with Crippen LogP contribution in [0.15, 0.2) is 97.1 Å². The number of phenols is 1. The van der Waals surface area contributed by atoms with Crippen LogP contribution in [0.2, 0.25) is 0 Å². The summed E-state index contributed by atoms with van der Waals surface area (Å²) in [4.78, 5) is 26.3. The fourth-order valence-corrected chi connectivity index (χ4v) is 3.51. The number of hydrogen-bond acceptors (Lipinski definition) is 5. The van der Waals surface area contributed by atoms with Crippen LogP contribution in [0.5, 0.6) is 23.0 Å². The highest BCUT2D eigenvalue weighted by Crippen LogP contribution is 2.29. The number of hydrogen-bond donors (Lipinski definition) is 2. The van der Waals surface area contributed by atoms with Crippen LogP contribution in [0.4, 0.5) is 5.69 Å². The van der Waals surface area contributed by atoms with Crippen LogP contribution >= 0.6 is 0 Å². The van der Waals surface area contributed by atoms with Gasteiger partial charge in [0.05, 0.1) is 13.7 Å². The zero-order valence-electron chi connectivity index (χ0n) is 18.9. The molecule has 1 amide bonds. The van der Waals surface area contributed by atoms with Gasteiger partial charge < -0.3 is 24.6 Å².